The van der Waals surface area contributed by atoms with Crippen LogP contribution in [0.3, 0.4) is 0 Å². The molecule has 0 radical (unpaired) electrons. The van der Waals surface area contributed by atoms with E-state index in [0.717, 1.165) is 12.0 Å². The van der Waals surface area contributed by atoms with Crippen molar-refractivity contribution < 1.29 is 14.6 Å². The average molecular weight is 380 g/mol. The number of anilines is 1. The summed E-state index contributed by atoms with van der Waals surface area (Å²) in [6.07, 6.45) is 2.33. The summed E-state index contributed by atoms with van der Waals surface area (Å²) in [5, 5.41) is 8.56. The van der Waals surface area contributed by atoms with Crippen LogP contribution in [-0.4, -0.2) is 17.7 Å². The molecule has 0 aliphatic heterocycles. The first kappa shape index (κ1) is 19.0. The maximum Gasteiger partial charge on any atom is 0.303 e. The molecule has 5 heteroatoms. The second-order valence-electron chi connectivity index (χ2n) is 5.23. The van der Waals surface area contributed by atoms with E-state index in [9.17, 15) is 4.79 Å². The molecular weight excluding hydrogens is 358 g/mol. The molecule has 0 amide bonds. The number of nitrogen functional groups attached to an aromatic ring is 1. The second kappa shape index (κ2) is 9.90. The minimum atomic E-state index is -0.773. The van der Waals surface area contributed by atoms with Gasteiger partial charge in [-0.3, -0.25) is 4.79 Å². The molecular formula is C18H22BrNO3. The molecule has 23 heavy (non-hydrogen) atoms. The highest BCUT2D eigenvalue weighted by Crippen LogP contribution is 2.24. The Labute approximate surface area is 147 Å². The lowest BCUT2D eigenvalue weighted by Gasteiger charge is -2.10. The SMILES string of the molecule is Br.Nc1cc(Cc2ccccc2)ccc1OCCCCC(=O)O. The zero-order chi connectivity index (χ0) is 15.8. The molecule has 2 rings (SSSR count). The van der Waals surface area contributed by atoms with Crippen molar-refractivity contribution in [2.24, 2.45) is 0 Å². The maximum atomic E-state index is 10.4. The number of aliphatic carboxylic acids is 1. The molecule has 2 aromatic carbocycles. The zero-order valence-corrected chi connectivity index (χ0v) is 14.6. The molecule has 0 unspecified atom stereocenters. The van der Waals surface area contributed by atoms with Crippen LogP contribution in [0.25, 0.3) is 0 Å². The van der Waals surface area contributed by atoms with Gasteiger partial charge in [-0.05, 0) is 42.5 Å². The maximum absolute atomic E-state index is 10.4. The Hall–Kier alpha value is -2.01. The number of ether oxygens (including phenoxy) is 1. The molecule has 0 aromatic heterocycles. The number of carboxylic acid groups (broad SMARTS) is 1. The first-order chi connectivity index (χ1) is 10.6. The minimum absolute atomic E-state index is 0. The molecule has 0 fully saturated rings. The highest BCUT2D eigenvalue weighted by molar-refractivity contribution is 8.93. The Balaban J connectivity index is 0.00000264. The molecule has 0 spiro atoms. The van der Waals surface area contributed by atoms with Crippen LogP contribution in [-0.2, 0) is 11.2 Å². The quantitative estimate of drug-likeness (QED) is 0.535. The monoisotopic (exact) mass is 379 g/mol. The van der Waals surface area contributed by atoms with Gasteiger partial charge in [-0.1, -0.05) is 36.4 Å². The van der Waals surface area contributed by atoms with Crippen molar-refractivity contribution >= 4 is 28.6 Å². The number of hydrogen-bond acceptors (Lipinski definition) is 3. The molecule has 0 heterocycles. The first-order valence-electron chi connectivity index (χ1n) is 7.42. The third-order valence-corrected chi connectivity index (χ3v) is 3.37. The van der Waals surface area contributed by atoms with E-state index in [1.54, 1.807) is 0 Å². The molecule has 0 aliphatic rings. The van der Waals surface area contributed by atoms with E-state index in [0.29, 0.717) is 30.9 Å². The summed E-state index contributed by atoms with van der Waals surface area (Å²) in [4.78, 5) is 10.4. The molecule has 0 atom stereocenters. The molecule has 0 bridgehead atoms. The van der Waals surface area contributed by atoms with Gasteiger partial charge in [0, 0.05) is 6.42 Å². The Morgan fingerprint density at radius 2 is 1.78 bits per heavy atom. The Morgan fingerprint density at radius 1 is 1.04 bits per heavy atom. The van der Waals surface area contributed by atoms with Gasteiger partial charge >= 0.3 is 5.97 Å². The van der Waals surface area contributed by atoms with E-state index in [4.69, 9.17) is 15.6 Å². The van der Waals surface area contributed by atoms with Gasteiger partial charge in [0.05, 0.1) is 12.3 Å². The Bertz CT molecular complexity index is 617. The fraction of sp³-hybridized carbons (Fsp3) is 0.278. The number of nitrogens with two attached hydrogens (primary N) is 1. The molecule has 3 N–H and O–H groups in total. The number of carboxylic acids is 1. The Morgan fingerprint density at radius 3 is 2.43 bits per heavy atom. The summed E-state index contributed by atoms with van der Waals surface area (Å²) in [5.74, 6) is -0.114. The molecule has 0 aliphatic carbocycles. The standard InChI is InChI=1S/C18H21NO3.BrH/c19-16-13-15(12-14-6-2-1-3-7-14)9-10-17(16)22-11-5-4-8-18(20)21;/h1-3,6-7,9-10,13H,4-5,8,11-12,19H2,(H,20,21);1H. The van der Waals surface area contributed by atoms with Gasteiger partial charge in [0.15, 0.2) is 0 Å². The molecule has 0 saturated heterocycles. The Kier molecular flexibility index (Phi) is 8.19. The lowest BCUT2D eigenvalue weighted by molar-refractivity contribution is -0.137. The summed E-state index contributed by atoms with van der Waals surface area (Å²) >= 11 is 0. The van der Waals surface area contributed by atoms with Crippen LogP contribution in [0.2, 0.25) is 0 Å². The van der Waals surface area contributed by atoms with Gasteiger partial charge in [0.2, 0.25) is 0 Å². The van der Waals surface area contributed by atoms with E-state index in [-0.39, 0.29) is 23.4 Å². The van der Waals surface area contributed by atoms with Crippen LogP contribution in [0.15, 0.2) is 48.5 Å². The molecule has 124 valence electrons. The van der Waals surface area contributed by atoms with Gasteiger partial charge in [-0.25, -0.2) is 0 Å². The first-order valence-corrected chi connectivity index (χ1v) is 7.42. The van der Waals surface area contributed by atoms with Crippen LogP contribution in [0.5, 0.6) is 5.75 Å². The van der Waals surface area contributed by atoms with Crippen molar-refractivity contribution in [3.05, 3.63) is 59.7 Å². The zero-order valence-electron chi connectivity index (χ0n) is 12.9. The van der Waals surface area contributed by atoms with Gasteiger partial charge in [0.1, 0.15) is 5.75 Å². The average Bonchev–Trinajstić information content (AvgIpc) is 2.49. The number of unbranched alkanes of at least 4 members (excludes halogenated alkanes) is 1. The van der Waals surface area contributed by atoms with Crippen LogP contribution < -0.4 is 10.5 Å². The number of benzene rings is 2. The van der Waals surface area contributed by atoms with E-state index >= 15 is 0 Å². The summed E-state index contributed by atoms with van der Waals surface area (Å²) < 4.78 is 5.61. The smallest absolute Gasteiger partial charge is 0.303 e. The number of carbonyl (C=O) groups is 1. The molecule has 0 saturated carbocycles. The second-order valence-corrected chi connectivity index (χ2v) is 5.23. The lowest BCUT2D eigenvalue weighted by Crippen LogP contribution is -2.02. The largest absolute Gasteiger partial charge is 0.491 e. The van der Waals surface area contributed by atoms with Crippen molar-refractivity contribution in [3.8, 4) is 5.75 Å². The fourth-order valence-corrected chi connectivity index (χ4v) is 2.23. The summed E-state index contributed by atoms with van der Waals surface area (Å²) in [6, 6.07) is 16.0. The lowest BCUT2D eigenvalue weighted by atomic mass is 10.0. The van der Waals surface area contributed by atoms with Crippen LogP contribution >= 0.6 is 17.0 Å². The number of hydrogen-bond donors (Lipinski definition) is 2. The van der Waals surface area contributed by atoms with Crippen LogP contribution in [0.1, 0.15) is 30.4 Å². The number of halogens is 1. The number of rotatable bonds is 8. The van der Waals surface area contributed by atoms with E-state index in [1.165, 1.54) is 5.56 Å². The van der Waals surface area contributed by atoms with Crippen molar-refractivity contribution in [3.63, 3.8) is 0 Å². The fourth-order valence-electron chi connectivity index (χ4n) is 2.23. The summed E-state index contributed by atoms with van der Waals surface area (Å²) in [7, 11) is 0. The van der Waals surface area contributed by atoms with Gasteiger partial charge in [-0.2, -0.15) is 0 Å². The van der Waals surface area contributed by atoms with E-state index < -0.39 is 5.97 Å². The van der Waals surface area contributed by atoms with Crippen molar-refractivity contribution in [2.45, 2.75) is 25.7 Å². The predicted octanol–water partition coefficient (Wildman–Crippen LogP) is 4.07. The third kappa shape index (κ3) is 6.74. The van der Waals surface area contributed by atoms with Crippen molar-refractivity contribution in [1.29, 1.82) is 0 Å². The van der Waals surface area contributed by atoms with Crippen molar-refractivity contribution in [2.75, 3.05) is 12.3 Å². The molecule has 4 nitrogen and oxygen atoms in total. The summed E-state index contributed by atoms with van der Waals surface area (Å²) in [5.41, 5.74) is 9.02. The normalized spacial score (nSPS) is 9.91. The van der Waals surface area contributed by atoms with Crippen LogP contribution in [0, 0.1) is 0 Å². The molecule has 2 aromatic rings. The minimum Gasteiger partial charge on any atom is -0.491 e. The van der Waals surface area contributed by atoms with Gasteiger partial charge in [0.25, 0.3) is 0 Å². The van der Waals surface area contributed by atoms with Gasteiger partial charge in [-0.15, -0.1) is 17.0 Å². The topological polar surface area (TPSA) is 72.5 Å². The highest BCUT2D eigenvalue weighted by Gasteiger charge is 2.04. The van der Waals surface area contributed by atoms with E-state index in [2.05, 4.69) is 12.1 Å². The third-order valence-electron chi connectivity index (χ3n) is 3.37. The van der Waals surface area contributed by atoms with Crippen molar-refractivity contribution in [1.82, 2.24) is 0 Å². The summed E-state index contributed by atoms with van der Waals surface area (Å²) in [6.45, 7) is 0.482. The predicted molar refractivity (Wildman–Crippen MR) is 97.4 cm³/mol. The van der Waals surface area contributed by atoms with Gasteiger partial charge < -0.3 is 15.6 Å². The van der Waals surface area contributed by atoms with E-state index in [1.807, 2.05) is 36.4 Å². The highest BCUT2D eigenvalue weighted by atomic mass is 79.9. The van der Waals surface area contributed by atoms with Crippen LogP contribution in [0.4, 0.5) is 5.69 Å².